The van der Waals surface area contributed by atoms with Gasteiger partial charge < -0.3 is 10.2 Å². The molecule has 1 N–H and O–H groups in total. The summed E-state index contributed by atoms with van der Waals surface area (Å²) in [5, 5.41) is 13.4. The number of hydrogen-bond donors (Lipinski definition) is 1. The number of hydrogen-bond acceptors (Lipinski definition) is 4. The molecule has 0 aliphatic heterocycles. The molecule has 7 heteroatoms. The van der Waals surface area contributed by atoms with Crippen molar-refractivity contribution in [1.82, 2.24) is 10.2 Å². The number of amides is 1. The standard InChI is InChI=1S/C12H16ClN3O3/c1-15(2)7-3-6-14-12(17)10-5-4-9(16(18)19)8-11(10)13/h4-5,8H,3,6-7H2,1-2H3,(H,14,17). The number of carbonyl (C=O) groups is 1. The van der Waals surface area contributed by atoms with E-state index in [-0.39, 0.29) is 22.2 Å². The molecule has 0 saturated heterocycles. The minimum atomic E-state index is -0.551. The maximum absolute atomic E-state index is 11.8. The number of nitrogens with one attached hydrogen (secondary N) is 1. The van der Waals surface area contributed by atoms with Crippen molar-refractivity contribution in [3.8, 4) is 0 Å². The van der Waals surface area contributed by atoms with Crippen LogP contribution in [0.4, 0.5) is 5.69 Å². The van der Waals surface area contributed by atoms with Crippen LogP contribution in [-0.4, -0.2) is 42.9 Å². The van der Waals surface area contributed by atoms with Crippen molar-refractivity contribution in [3.05, 3.63) is 38.9 Å². The van der Waals surface area contributed by atoms with Crippen LogP contribution in [0, 0.1) is 10.1 Å². The van der Waals surface area contributed by atoms with Crippen LogP contribution in [0.5, 0.6) is 0 Å². The molecule has 1 rings (SSSR count). The Morgan fingerprint density at radius 2 is 2.16 bits per heavy atom. The first-order valence-electron chi connectivity index (χ1n) is 5.78. The fourth-order valence-electron chi connectivity index (χ4n) is 1.49. The topological polar surface area (TPSA) is 75.5 Å². The summed E-state index contributed by atoms with van der Waals surface area (Å²) in [6, 6.07) is 3.80. The summed E-state index contributed by atoms with van der Waals surface area (Å²) in [6.45, 7) is 1.40. The SMILES string of the molecule is CN(C)CCCNC(=O)c1ccc([N+](=O)[O-])cc1Cl. The van der Waals surface area contributed by atoms with Crippen molar-refractivity contribution in [2.24, 2.45) is 0 Å². The van der Waals surface area contributed by atoms with Crippen molar-refractivity contribution >= 4 is 23.2 Å². The molecular formula is C12H16ClN3O3. The molecule has 19 heavy (non-hydrogen) atoms. The zero-order valence-electron chi connectivity index (χ0n) is 10.9. The molecule has 1 amide bonds. The third-order valence-electron chi connectivity index (χ3n) is 2.48. The number of carbonyl (C=O) groups excluding carboxylic acids is 1. The number of non-ortho nitro benzene ring substituents is 1. The molecule has 0 aliphatic rings. The van der Waals surface area contributed by atoms with E-state index in [0.29, 0.717) is 6.54 Å². The van der Waals surface area contributed by atoms with Gasteiger partial charge in [-0.25, -0.2) is 0 Å². The summed E-state index contributed by atoms with van der Waals surface area (Å²) >= 11 is 5.86. The second-order valence-electron chi connectivity index (χ2n) is 4.33. The molecule has 1 aromatic rings. The summed E-state index contributed by atoms with van der Waals surface area (Å²) < 4.78 is 0. The van der Waals surface area contributed by atoms with E-state index >= 15 is 0 Å². The van der Waals surface area contributed by atoms with Crippen LogP contribution in [0.1, 0.15) is 16.8 Å². The van der Waals surface area contributed by atoms with Crippen molar-refractivity contribution in [2.45, 2.75) is 6.42 Å². The van der Waals surface area contributed by atoms with Gasteiger partial charge in [0.15, 0.2) is 0 Å². The van der Waals surface area contributed by atoms with E-state index < -0.39 is 4.92 Å². The van der Waals surface area contributed by atoms with E-state index in [1.54, 1.807) is 0 Å². The Hall–Kier alpha value is -1.66. The van der Waals surface area contributed by atoms with Crippen LogP contribution in [-0.2, 0) is 0 Å². The number of benzene rings is 1. The molecule has 6 nitrogen and oxygen atoms in total. The Morgan fingerprint density at radius 3 is 2.68 bits per heavy atom. The van der Waals surface area contributed by atoms with Gasteiger partial charge in [-0.2, -0.15) is 0 Å². The minimum absolute atomic E-state index is 0.0827. The number of nitrogens with zero attached hydrogens (tertiary/aromatic N) is 2. The van der Waals surface area contributed by atoms with Crippen LogP contribution < -0.4 is 5.32 Å². The number of nitro benzene ring substituents is 1. The van der Waals surface area contributed by atoms with E-state index in [4.69, 9.17) is 11.6 Å². The van der Waals surface area contributed by atoms with Gasteiger partial charge in [0.25, 0.3) is 11.6 Å². The highest BCUT2D eigenvalue weighted by Crippen LogP contribution is 2.22. The lowest BCUT2D eigenvalue weighted by molar-refractivity contribution is -0.384. The van der Waals surface area contributed by atoms with Crippen LogP contribution in [0.25, 0.3) is 0 Å². The van der Waals surface area contributed by atoms with Gasteiger partial charge in [-0.3, -0.25) is 14.9 Å². The van der Waals surface area contributed by atoms with Gasteiger partial charge in [0.2, 0.25) is 0 Å². The molecule has 0 aliphatic carbocycles. The van der Waals surface area contributed by atoms with Gasteiger partial charge in [-0.1, -0.05) is 11.6 Å². The van der Waals surface area contributed by atoms with Crippen LogP contribution in [0.2, 0.25) is 5.02 Å². The molecule has 0 unspecified atom stereocenters. The lowest BCUT2D eigenvalue weighted by Crippen LogP contribution is -2.27. The fourth-order valence-corrected chi connectivity index (χ4v) is 1.75. The fraction of sp³-hybridized carbons (Fsp3) is 0.417. The molecule has 0 bridgehead atoms. The molecule has 0 radical (unpaired) electrons. The highest BCUT2D eigenvalue weighted by molar-refractivity contribution is 6.34. The Balaban J connectivity index is 2.60. The molecule has 0 spiro atoms. The van der Waals surface area contributed by atoms with Gasteiger partial charge in [0.1, 0.15) is 0 Å². The van der Waals surface area contributed by atoms with Gasteiger partial charge in [-0.15, -0.1) is 0 Å². The third kappa shape index (κ3) is 4.84. The predicted octanol–water partition coefficient (Wildman–Crippen LogP) is 1.93. The Bertz CT molecular complexity index is 477. The average Bonchev–Trinajstić information content (AvgIpc) is 2.33. The first-order valence-corrected chi connectivity index (χ1v) is 6.16. The van der Waals surface area contributed by atoms with Gasteiger partial charge in [0, 0.05) is 18.7 Å². The highest BCUT2D eigenvalue weighted by atomic mass is 35.5. The predicted molar refractivity (Wildman–Crippen MR) is 73.6 cm³/mol. The normalized spacial score (nSPS) is 10.5. The molecule has 104 valence electrons. The third-order valence-corrected chi connectivity index (χ3v) is 2.79. The lowest BCUT2D eigenvalue weighted by Gasteiger charge is -2.10. The molecular weight excluding hydrogens is 270 g/mol. The Morgan fingerprint density at radius 1 is 1.47 bits per heavy atom. The lowest BCUT2D eigenvalue weighted by atomic mass is 10.2. The van der Waals surface area contributed by atoms with Crippen LogP contribution in [0.3, 0.4) is 0 Å². The van der Waals surface area contributed by atoms with E-state index in [0.717, 1.165) is 13.0 Å². The van der Waals surface area contributed by atoms with Gasteiger partial charge in [0.05, 0.1) is 15.5 Å². The number of nitro groups is 1. The largest absolute Gasteiger partial charge is 0.352 e. The Labute approximate surface area is 116 Å². The van der Waals surface area contributed by atoms with E-state index in [9.17, 15) is 14.9 Å². The quantitative estimate of drug-likeness (QED) is 0.492. The Kier molecular flexibility index (Phi) is 5.72. The smallest absolute Gasteiger partial charge is 0.270 e. The summed E-state index contributed by atoms with van der Waals surface area (Å²) in [7, 11) is 3.91. The first-order chi connectivity index (χ1) is 8.91. The van der Waals surface area contributed by atoms with E-state index in [2.05, 4.69) is 5.32 Å². The second-order valence-corrected chi connectivity index (χ2v) is 4.74. The van der Waals surface area contributed by atoms with Crippen molar-refractivity contribution in [1.29, 1.82) is 0 Å². The second kappa shape index (κ2) is 7.06. The van der Waals surface area contributed by atoms with Crippen LogP contribution in [0.15, 0.2) is 18.2 Å². The molecule has 1 aromatic carbocycles. The zero-order chi connectivity index (χ0) is 14.4. The molecule has 0 aromatic heterocycles. The molecule has 0 fully saturated rings. The highest BCUT2D eigenvalue weighted by Gasteiger charge is 2.14. The molecule has 0 heterocycles. The summed E-state index contributed by atoms with van der Waals surface area (Å²) in [5.41, 5.74) is 0.117. The van der Waals surface area contributed by atoms with E-state index in [1.807, 2.05) is 19.0 Å². The van der Waals surface area contributed by atoms with E-state index in [1.165, 1.54) is 18.2 Å². The summed E-state index contributed by atoms with van der Waals surface area (Å²) in [4.78, 5) is 23.8. The first kappa shape index (κ1) is 15.4. The van der Waals surface area contributed by atoms with Crippen molar-refractivity contribution in [2.75, 3.05) is 27.2 Å². The van der Waals surface area contributed by atoms with Gasteiger partial charge in [-0.05, 0) is 33.1 Å². The van der Waals surface area contributed by atoms with Gasteiger partial charge >= 0.3 is 0 Å². The zero-order valence-corrected chi connectivity index (χ0v) is 11.6. The number of halogens is 1. The minimum Gasteiger partial charge on any atom is -0.352 e. The maximum Gasteiger partial charge on any atom is 0.270 e. The van der Waals surface area contributed by atoms with Crippen molar-refractivity contribution in [3.63, 3.8) is 0 Å². The average molecular weight is 286 g/mol. The molecule has 0 atom stereocenters. The maximum atomic E-state index is 11.8. The number of rotatable bonds is 6. The van der Waals surface area contributed by atoms with Crippen LogP contribution >= 0.6 is 11.6 Å². The summed E-state index contributed by atoms with van der Waals surface area (Å²) in [5.74, 6) is -0.321. The summed E-state index contributed by atoms with van der Waals surface area (Å²) in [6.07, 6.45) is 0.823. The monoisotopic (exact) mass is 285 g/mol. The molecule has 0 saturated carbocycles. The van der Waals surface area contributed by atoms with Crippen molar-refractivity contribution < 1.29 is 9.72 Å².